The highest BCUT2D eigenvalue weighted by atomic mass is 19.3. The first-order chi connectivity index (χ1) is 12.6. The minimum absolute atomic E-state index is 0.0305. The van der Waals surface area contributed by atoms with E-state index >= 15 is 0 Å². The van der Waals surface area contributed by atoms with Crippen LogP contribution in [0.15, 0.2) is 36.5 Å². The van der Waals surface area contributed by atoms with E-state index in [2.05, 4.69) is 5.10 Å². The lowest BCUT2D eigenvalue weighted by Crippen LogP contribution is -2.17. The minimum Gasteiger partial charge on any atom is -0.461 e. The Balaban J connectivity index is 1.68. The van der Waals surface area contributed by atoms with Gasteiger partial charge in [-0.15, -0.1) is 0 Å². The molecule has 0 N–H and O–H groups in total. The second-order valence-electron chi connectivity index (χ2n) is 6.36. The minimum atomic E-state index is -2.49. The Bertz CT molecular complexity index is 713. The lowest BCUT2D eigenvalue weighted by molar-refractivity contribution is -0.144. The Morgan fingerprint density at radius 3 is 2.69 bits per heavy atom. The van der Waals surface area contributed by atoms with Gasteiger partial charge in [0.15, 0.2) is 0 Å². The summed E-state index contributed by atoms with van der Waals surface area (Å²) in [6.45, 7) is 0.946. The van der Waals surface area contributed by atoms with Gasteiger partial charge in [-0.1, -0.05) is 30.3 Å². The van der Waals surface area contributed by atoms with Crippen LogP contribution in [-0.2, 0) is 33.8 Å². The Hall–Kier alpha value is -2.28. The number of benzene rings is 1. The number of hydrogen-bond donors (Lipinski definition) is 0. The maximum Gasteiger partial charge on any atom is 0.310 e. The van der Waals surface area contributed by atoms with E-state index in [4.69, 9.17) is 9.47 Å². The van der Waals surface area contributed by atoms with E-state index in [1.807, 2.05) is 30.3 Å². The molecule has 2 aromatic rings. The zero-order valence-corrected chi connectivity index (χ0v) is 14.4. The van der Waals surface area contributed by atoms with Crippen LogP contribution < -0.4 is 0 Å². The molecule has 26 heavy (non-hydrogen) atoms. The van der Waals surface area contributed by atoms with E-state index in [9.17, 15) is 13.6 Å². The van der Waals surface area contributed by atoms with Crippen molar-refractivity contribution in [3.8, 4) is 0 Å². The summed E-state index contributed by atoms with van der Waals surface area (Å²) in [6.07, 6.45) is 0.634. The number of carbonyl (C=O) groups excluding carboxylic acids is 1. The van der Waals surface area contributed by atoms with Gasteiger partial charge < -0.3 is 9.47 Å². The van der Waals surface area contributed by atoms with E-state index in [0.717, 1.165) is 18.4 Å². The van der Waals surface area contributed by atoms with Gasteiger partial charge in [-0.05, 0) is 18.4 Å². The quantitative estimate of drug-likeness (QED) is 0.707. The molecule has 0 bridgehead atoms. The number of rotatable bonds is 7. The Labute approximate surface area is 150 Å². The van der Waals surface area contributed by atoms with Crippen molar-refractivity contribution in [2.45, 2.75) is 44.8 Å². The SMILES string of the molecule is O=C(Cc1cn(CC(F)F)nc1C1CCOCC1)OCc1ccccc1. The van der Waals surface area contributed by atoms with Crippen molar-refractivity contribution in [2.24, 2.45) is 0 Å². The highest BCUT2D eigenvalue weighted by molar-refractivity contribution is 5.72. The summed E-state index contributed by atoms with van der Waals surface area (Å²) in [4.78, 5) is 12.2. The van der Waals surface area contributed by atoms with Crippen LogP contribution in [0.5, 0.6) is 0 Å². The Morgan fingerprint density at radius 2 is 2.00 bits per heavy atom. The number of alkyl halides is 2. The molecule has 0 spiro atoms. The van der Waals surface area contributed by atoms with E-state index < -0.39 is 18.9 Å². The van der Waals surface area contributed by atoms with E-state index in [1.54, 1.807) is 6.20 Å². The van der Waals surface area contributed by atoms with Crippen LogP contribution in [0.4, 0.5) is 8.78 Å². The predicted octanol–water partition coefficient (Wildman–Crippen LogP) is 3.33. The van der Waals surface area contributed by atoms with Crippen molar-refractivity contribution in [1.29, 1.82) is 0 Å². The smallest absolute Gasteiger partial charge is 0.310 e. The summed E-state index contributed by atoms with van der Waals surface area (Å²) in [5.74, 6) is -0.265. The molecule has 1 aliphatic rings. The summed E-state index contributed by atoms with van der Waals surface area (Å²) in [7, 11) is 0. The summed E-state index contributed by atoms with van der Waals surface area (Å²) >= 11 is 0. The molecule has 0 aliphatic carbocycles. The van der Waals surface area contributed by atoms with Crippen molar-refractivity contribution in [3.05, 3.63) is 53.3 Å². The lowest BCUT2D eigenvalue weighted by Gasteiger charge is -2.21. The fourth-order valence-corrected chi connectivity index (χ4v) is 3.11. The number of hydrogen-bond acceptors (Lipinski definition) is 4. The van der Waals surface area contributed by atoms with Gasteiger partial charge in [-0.2, -0.15) is 5.10 Å². The molecule has 3 rings (SSSR count). The number of carbonyl (C=O) groups is 1. The zero-order valence-electron chi connectivity index (χ0n) is 14.4. The molecule has 2 heterocycles. The lowest BCUT2D eigenvalue weighted by atomic mass is 9.93. The van der Waals surface area contributed by atoms with E-state index in [1.165, 1.54) is 4.68 Å². The van der Waals surface area contributed by atoms with Gasteiger partial charge >= 0.3 is 5.97 Å². The van der Waals surface area contributed by atoms with Crippen molar-refractivity contribution in [1.82, 2.24) is 9.78 Å². The molecular formula is C19H22F2N2O3. The molecular weight excluding hydrogens is 342 g/mol. The third-order valence-electron chi connectivity index (χ3n) is 4.38. The third-order valence-corrected chi connectivity index (χ3v) is 4.38. The van der Waals surface area contributed by atoms with Gasteiger partial charge in [0, 0.05) is 30.9 Å². The van der Waals surface area contributed by atoms with Gasteiger partial charge in [0.2, 0.25) is 0 Å². The van der Waals surface area contributed by atoms with Crippen LogP contribution >= 0.6 is 0 Å². The maximum absolute atomic E-state index is 12.7. The highest BCUT2D eigenvalue weighted by Gasteiger charge is 2.24. The average Bonchev–Trinajstić information content (AvgIpc) is 3.03. The normalized spacial score (nSPS) is 15.3. The zero-order chi connectivity index (χ0) is 18.4. The van der Waals surface area contributed by atoms with Crippen LogP contribution in [-0.4, -0.2) is 35.4 Å². The first-order valence-electron chi connectivity index (χ1n) is 8.73. The molecule has 0 unspecified atom stereocenters. The molecule has 1 aliphatic heterocycles. The second kappa shape index (κ2) is 8.89. The molecule has 1 aromatic heterocycles. The van der Waals surface area contributed by atoms with E-state index in [0.29, 0.717) is 24.5 Å². The molecule has 140 valence electrons. The number of aromatic nitrogens is 2. The summed E-state index contributed by atoms with van der Waals surface area (Å²) in [5, 5.41) is 4.32. The van der Waals surface area contributed by atoms with Crippen molar-refractivity contribution in [3.63, 3.8) is 0 Å². The first kappa shape index (κ1) is 18.5. The van der Waals surface area contributed by atoms with Crippen LogP contribution in [0, 0.1) is 0 Å². The summed E-state index contributed by atoms with van der Waals surface area (Å²) in [5.41, 5.74) is 2.28. The summed E-state index contributed by atoms with van der Waals surface area (Å²) in [6, 6.07) is 9.40. The average molecular weight is 364 g/mol. The van der Waals surface area contributed by atoms with Crippen molar-refractivity contribution >= 4 is 5.97 Å². The monoisotopic (exact) mass is 364 g/mol. The number of nitrogens with zero attached hydrogens (tertiary/aromatic N) is 2. The fourth-order valence-electron chi connectivity index (χ4n) is 3.11. The molecule has 1 aromatic carbocycles. The molecule has 0 atom stereocenters. The van der Waals surface area contributed by atoms with Crippen LogP contribution in [0.25, 0.3) is 0 Å². The largest absolute Gasteiger partial charge is 0.461 e. The molecule has 7 heteroatoms. The van der Waals surface area contributed by atoms with Crippen LogP contribution in [0.3, 0.4) is 0 Å². The molecule has 0 saturated carbocycles. The standard InChI is InChI=1S/C19H22F2N2O3/c20-17(21)12-23-11-16(19(22-23)15-6-8-25-9-7-15)10-18(24)26-13-14-4-2-1-3-5-14/h1-5,11,15,17H,6-10,12-13H2. The van der Waals surface area contributed by atoms with Gasteiger partial charge in [0.1, 0.15) is 13.2 Å². The Morgan fingerprint density at radius 1 is 1.27 bits per heavy atom. The first-order valence-corrected chi connectivity index (χ1v) is 8.73. The van der Waals surface area contributed by atoms with Gasteiger partial charge in [-0.25, -0.2) is 8.78 Å². The van der Waals surface area contributed by atoms with E-state index in [-0.39, 0.29) is 18.9 Å². The topological polar surface area (TPSA) is 53.4 Å². The van der Waals surface area contributed by atoms with Gasteiger partial charge in [0.25, 0.3) is 6.43 Å². The second-order valence-corrected chi connectivity index (χ2v) is 6.36. The predicted molar refractivity (Wildman–Crippen MR) is 91.0 cm³/mol. The third kappa shape index (κ3) is 5.11. The molecule has 1 fully saturated rings. The molecule has 1 saturated heterocycles. The number of halogens is 2. The fraction of sp³-hybridized carbons (Fsp3) is 0.474. The van der Waals surface area contributed by atoms with Crippen LogP contribution in [0.2, 0.25) is 0 Å². The van der Waals surface area contributed by atoms with Crippen molar-refractivity contribution < 1.29 is 23.0 Å². The van der Waals surface area contributed by atoms with Crippen LogP contribution in [0.1, 0.15) is 35.6 Å². The Kier molecular flexibility index (Phi) is 6.33. The molecule has 0 radical (unpaired) electrons. The maximum atomic E-state index is 12.7. The van der Waals surface area contributed by atoms with Gasteiger partial charge in [-0.3, -0.25) is 9.48 Å². The highest BCUT2D eigenvalue weighted by Crippen LogP contribution is 2.29. The number of ether oxygens (including phenoxy) is 2. The molecule has 0 amide bonds. The van der Waals surface area contributed by atoms with Crippen molar-refractivity contribution in [2.75, 3.05) is 13.2 Å². The molecule has 5 nitrogen and oxygen atoms in total. The van der Waals surface area contributed by atoms with Gasteiger partial charge in [0.05, 0.1) is 12.1 Å². The number of esters is 1. The summed E-state index contributed by atoms with van der Waals surface area (Å²) < 4.78 is 37.3.